The standard InChI is InChI=1S/C12H16F2N2O4/c1-7(2)20-10-5-3-4-8(11(10)16(18)19)15-6-9(17)12(13)14/h3-5,7,9,12,15,17H,6H2,1-2H3. The largest absolute Gasteiger partial charge is 0.484 e. The Labute approximate surface area is 114 Å². The molecular formula is C12H16F2N2O4. The van der Waals surface area contributed by atoms with Crippen LogP contribution in [0.3, 0.4) is 0 Å². The number of hydrogen-bond acceptors (Lipinski definition) is 5. The van der Waals surface area contributed by atoms with E-state index in [4.69, 9.17) is 9.84 Å². The third kappa shape index (κ3) is 4.30. The van der Waals surface area contributed by atoms with Crippen molar-refractivity contribution >= 4 is 11.4 Å². The molecule has 1 aromatic carbocycles. The molecule has 1 rings (SSSR count). The zero-order chi connectivity index (χ0) is 15.3. The Morgan fingerprint density at radius 1 is 1.45 bits per heavy atom. The van der Waals surface area contributed by atoms with Crippen molar-refractivity contribution in [3.63, 3.8) is 0 Å². The van der Waals surface area contributed by atoms with Crippen molar-refractivity contribution in [3.8, 4) is 5.75 Å². The molecule has 0 spiro atoms. The normalized spacial score (nSPS) is 12.6. The van der Waals surface area contributed by atoms with Gasteiger partial charge in [-0.2, -0.15) is 0 Å². The Bertz CT molecular complexity index is 469. The lowest BCUT2D eigenvalue weighted by molar-refractivity contribution is -0.385. The molecule has 1 atom stereocenters. The van der Waals surface area contributed by atoms with Crippen molar-refractivity contribution in [1.82, 2.24) is 0 Å². The number of anilines is 1. The third-order valence-electron chi connectivity index (χ3n) is 2.34. The van der Waals surface area contributed by atoms with Crippen LogP contribution in [0.2, 0.25) is 0 Å². The minimum atomic E-state index is -2.92. The van der Waals surface area contributed by atoms with Crippen molar-refractivity contribution in [3.05, 3.63) is 28.3 Å². The summed E-state index contributed by atoms with van der Waals surface area (Å²) in [6, 6.07) is 4.29. The number of ether oxygens (including phenoxy) is 1. The number of aliphatic hydroxyl groups is 1. The van der Waals surface area contributed by atoms with Crippen molar-refractivity contribution in [2.45, 2.75) is 32.5 Å². The van der Waals surface area contributed by atoms with Gasteiger partial charge in [-0.1, -0.05) is 6.07 Å². The fourth-order valence-electron chi connectivity index (χ4n) is 1.51. The molecule has 20 heavy (non-hydrogen) atoms. The second-order valence-electron chi connectivity index (χ2n) is 4.36. The summed E-state index contributed by atoms with van der Waals surface area (Å²) in [5, 5.41) is 22.5. The highest BCUT2D eigenvalue weighted by atomic mass is 19.3. The maximum Gasteiger partial charge on any atom is 0.333 e. The van der Waals surface area contributed by atoms with Crippen LogP contribution in [0.5, 0.6) is 5.75 Å². The first kappa shape index (κ1) is 16.1. The van der Waals surface area contributed by atoms with Gasteiger partial charge in [0.05, 0.1) is 11.0 Å². The predicted octanol–water partition coefficient (Wildman–Crippen LogP) is 2.42. The van der Waals surface area contributed by atoms with E-state index in [1.807, 2.05) is 0 Å². The van der Waals surface area contributed by atoms with Crippen LogP contribution in [-0.4, -0.2) is 35.2 Å². The molecular weight excluding hydrogens is 274 g/mol. The summed E-state index contributed by atoms with van der Waals surface area (Å²) in [6.45, 7) is 2.93. The number of alkyl halides is 2. The molecule has 0 aliphatic carbocycles. The molecule has 0 aliphatic heterocycles. The Hall–Kier alpha value is -1.96. The van der Waals surface area contributed by atoms with Crippen LogP contribution < -0.4 is 10.1 Å². The van der Waals surface area contributed by atoms with Crippen LogP contribution >= 0.6 is 0 Å². The lowest BCUT2D eigenvalue weighted by atomic mass is 10.2. The molecule has 2 N–H and O–H groups in total. The van der Waals surface area contributed by atoms with E-state index >= 15 is 0 Å². The average Bonchev–Trinajstić information content (AvgIpc) is 2.34. The Morgan fingerprint density at radius 2 is 2.10 bits per heavy atom. The number of benzene rings is 1. The first-order valence-corrected chi connectivity index (χ1v) is 5.97. The fourth-order valence-corrected chi connectivity index (χ4v) is 1.51. The highest BCUT2D eigenvalue weighted by Crippen LogP contribution is 2.35. The van der Waals surface area contributed by atoms with Crippen molar-refractivity contribution in [2.24, 2.45) is 0 Å². The van der Waals surface area contributed by atoms with E-state index in [-0.39, 0.29) is 23.2 Å². The van der Waals surface area contributed by atoms with Crippen molar-refractivity contribution in [1.29, 1.82) is 0 Å². The summed E-state index contributed by atoms with van der Waals surface area (Å²) in [4.78, 5) is 10.4. The van der Waals surface area contributed by atoms with Gasteiger partial charge in [0.25, 0.3) is 6.43 Å². The van der Waals surface area contributed by atoms with Gasteiger partial charge >= 0.3 is 5.69 Å². The second kappa shape index (κ2) is 6.99. The molecule has 0 heterocycles. The van der Waals surface area contributed by atoms with Gasteiger partial charge in [-0.05, 0) is 26.0 Å². The van der Waals surface area contributed by atoms with E-state index in [1.54, 1.807) is 13.8 Å². The van der Waals surface area contributed by atoms with E-state index < -0.39 is 24.0 Å². The maximum absolute atomic E-state index is 12.2. The van der Waals surface area contributed by atoms with Crippen LogP contribution in [-0.2, 0) is 0 Å². The maximum atomic E-state index is 12.2. The number of nitro benzene ring substituents is 1. The molecule has 0 aromatic heterocycles. The number of nitrogens with one attached hydrogen (secondary N) is 1. The highest BCUT2D eigenvalue weighted by Gasteiger charge is 2.23. The van der Waals surface area contributed by atoms with E-state index in [0.29, 0.717) is 0 Å². The molecule has 1 unspecified atom stereocenters. The number of halogens is 2. The fraction of sp³-hybridized carbons (Fsp3) is 0.500. The van der Waals surface area contributed by atoms with Gasteiger partial charge in [0.15, 0.2) is 5.75 Å². The van der Waals surface area contributed by atoms with Crippen molar-refractivity contribution < 1.29 is 23.5 Å². The summed E-state index contributed by atoms with van der Waals surface area (Å²) >= 11 is 0. The third-order valence-corrected chi connectivity index (χ3v) is 2.34. The van der Waals surface area contributed by atoms with Gasteiger partial charge in [0, 0.05) is 6.54 Å². The molecule has 0 saturated carbocycles. The molecule has 0 bridgehead atoms. The minimum absolute atomic E-state index is 0.0212. The topological polar surface area (TPSA) is 84.6 Å². The van der Waals surface area contributed by atoms with E-state index in [0.717, 1.165) is 0 Å². The van der Waals surface area contributed by atoms with E-state index in [2.05, 4.69) is 5.32 Å². The molecule has 1 aromatic rings. The molecule has 0 saturated heterocycles. The molecule has 0 fully saturated rings. The quantitative estimate of drug-likeness (QED) is 0.595. The summed E-state index contributed by atoms with van der Waals surface area (Å²) in [7, 11) is 0. The van der Waals surface area contributed by atoms with Crippen LogP contribution in [0.1, 0.15) is 13.8 Å². The molecule has 8 heteroatoms. The number of nitro groups is 1. The van der Waals surface area contributed by atoms with Gasteiger partial charge in [0.1, 0.15) is 11.8 Å². The van der Waals surface area contributed by atoms with Crippen molar-refractivity contribution in [2.75, 3.05) is 11.9 Å². The molecule has 6 nitrogen and oxygen atoms in total. The van der Waals surface area contributed by atoms with Crippen LogP contribution in [0.4, 0.5) is 20.2 Å². The second-order valence-corrected chi connectivity index (χ2v) is 4.36. The summed E-state index contributed by atoms with van der Waals surface area (Å²) in [5.74, 6) is 0.0431. The zero-order valence-electron chi connectivity index (χ0n) is 11.0. The SMILES string of the molecule is CC(C)Oc1cccc(NCC(O)C(F)F)c1[N+](=O)[O-]. The molecule has 0 aliphatic rings. The summed E-state index contributed by atoms with van der Waals surface area (Å²) in [6.07, 6.45) is -5.09. The first-order valence-electron chi connectivity index (χ1n) is 5.97. The zero-order valence-corrected chi connectivity index (χ0v) is 11.0. The van der Waals surface area contributed by atoms with Crippen LogP contribution in [0.25, 0.3) is 0 Å². The van der Waals surface area contributed by atoms with Gasteiger partial charge in [-0.15, -0.1) is 0 Å². The molecule has 0 radical (unpaired) electrons. The Balaban J connectivity index is 2.97. The molecule has 0 amide bonds. The minimum Gasteiger partial charge on any atom is -0.484 e. The van der Waals surface area contributed by atoms with Gasteiger partial charge in [0.2, 0.25) is 0 Å². The first-order chi connectivity index (χ1) is 9.32. The highest BCUT2D eigenvalue weighted by molar-refractivity contribution is 5.68. The number of aliphatic hydroxyl groups excluding tert-OH is 1. The predicted molar refractivity (Wildman–Crippen MR) is 69.4 cm³/mol. The monoisotopic (exact) mass is 290 g/mol. The number of rotatable bonds is 7. The van der Waals surface area contributed by atoms with Crippen LogP contribution in [0.15, 0.2) is 18.2 Å². The lowest BCUT2D eigenvalue weighted by Gasteiger charge is -2.14. The number of para-hydroxylation sites is 1. The van der Waals surface area contributed by atoms with E-state index in [1.165, 1.54) is 18.2 Å². The average molecular weight is 290 g/mol. The van der Waals surface area contributed by atoms with Gasteiger partial charge in [-0.3, -0.25) is 10.1 Å². The van der Waals surface area contributed by atoms with Gasteiger partial charge < -0.3 is 15.2 Å². The van der Waals surface area contributed by atoms with Gasteiger partial charge in [-0.25, -0.2) is 8.78 Å². The Kier molecular flexibility index (Phi) is 5.63. The smallest absolute Gasteiger partial charge is 0.333 e. The number of nitrogens with zero attached hydrogens (tertiary/aromatic N) is 1. The summed E-state index contributed by atoms with van der Waals surface area (Å²) in [5.41, 5.74) is -0.324. The molecule has 112 valence electrons. The lowest BCUT2D eigenvalue weighted by Crippen LogP contribution is -2.27. The summed E-state index contributed by atoms with van der Waals surface area (Å²) < 4.78 is 29.7. The Morgan fingerprint density at radius 3 is 2.60 bits per heavy atom. The van der Waals surface area contributed by atoms with Crippen LogP contribution in [0, 0.1) is 10.1 Å². The number of hydrogen-bond donors (Lipinski definition) is 2. The van der Waals surface area contributed by atoms with E-state index in [9.17, 15) is 18.9 Å².